The van der Waals surface area contributed by atoms with Crippen molar-refractivity contribution in [3.63, 3.8) is 0 Å². The third kappa shape index (κ3) is 9.20. The van der Waals surface area contributed by atoms with Gasteiger partial charge in [-0.05, 0) is 151 Å². The minimum Gasteiger partial charge on any atom is -0.208 e. The third-order valence-electron chi connectivity index (χ3n) is 17.0. The molecule has 1 heterocycles. The van der Waals surface area contributed by atoms with Gasteiger partial charge in [-0.3, -0.25) is 0 Å². The van der Waals surface area contributed by atoms with Crippen LogP contribution in [-0.2, 0) is 37.9 Å². The second kappa shape index (κ2) is 18.4. The fourth-order valence-corrected chi connectivity index (χ4v) is 12.7. The van der Waals surface area contributed by atoms with Crippen LogP contribution in [0.3, 0.4) is 0 Å². The number of hydrogen-bond acceptors (Lipinski definition) is 3. The van der Waals surface area contributed by atoms with E-state index in [-0.39, 0.29) is 32.5 Å². The van der Waals surface area contributed by atoms with Gasteiger partial charge in [0, 0.05) is 16.7 Å². The highest BCUT2D eigenvalue weighted by molar-refractivity contribution is 5.98. The second-order valence-electron chi connectivity index (χ2n) is 29.0. The van der Waals surface area contributed by atoms with Gasteiger partial charge in [-0.25, -0.2) is 15.0 Å². The van der Waals surface area contributed by atoms with E-state index >= 15 is 0 Å². The summed E-state index contributed by atoms with van der Waals surface area (Å²) in [5.74, 6) is 1.95. The maximum absolute atomic E-state index is 5.34. The largest absolute Gasteiger partial charge is 0.208 e. The summed E-state index contributed by atoms with van der Waals surface area (Å²) in [5.41, 5.74) is 25.2. The Balaban J connectivity index is 1.27. The molecule has 0 saturated heterocycles. The van der Waals surface area contributed by atoms with Crippen LogP contribution in [0.25, 0.3) is 78.7 Å². The Bertz CT molecular complexity index is 3600. The van der Waals surface area contributed by atoms with Gasteiger partial charge in [0.2, 0.25) is 0 Å². The van der Waals surface area contributed by atoms with Gasteiger partial charge in [-0.1, -0.05) is 270 Å². The van der Waals surface area contributed by atoms with Gasteiger partial charge in [-0.2, -0.15) is 0 Å². The van der Waals surface area contributed by atoms with Gasteiger partial charge in [-0.15, -0.1) is 0 Å². The van der Waals surface area contributed by atoms with Crippen LogP contribution in [0.5, 0.6) is 0 Å². The van der Waals surface area contributed by atoms with Gasteiger partial charge in [0.15, 0.2) is 17.5 Å². The average Bonchev–Trinajstić information content (AvgIpc) is 2.04. The van der Waals surface area contributed by atoms with Crippen molar-refractivity contribution >= 4 is 0 Å². The summed E-state index contributed by atoms with van der Waals surface area (Å²) in [7, 11) is 0. The van der Waals surface area contributed by atoms with E-state index in [0.29, 0.717) is 17.5 Å². The Hall–Kier alpha value is -7.23. The molecule has 2 aliphatic carbocycles. The maximum atomic E-state index is 5.34. The molecule has 2 aliphatic rings. The van der Waals surface area contributed by atoms with Crippen molar-refractivity contribution < 1.29 is 0 Å². The van der Waals surface area contributed by atoms with Gasteiger partial charge in [0.25, 0.3) is 0 Å². The van der Waals surface area contributed by atoms with E-state index in [1.807, 2.05) is 12.1 Å². The van der Waals surface area contributed by atoms with Crippen LogP contribution in [-0.4, -0.2) is 15.0 Å². The zero-order valence-electron chi connectivity index (χ0n) is 50.4. The standard InChI is InChI=1S/C76H81N3/c1-70(2,3)51-42-61(72(7,8)9)65(62(43-51)73(10,11)12)48-33-36-55-56-37-34-49(66-63(74(13,14)15)44-52(71(4,5)6)45-64(66)75(16,17)18)40-59(56)76(58(55)39-48)57-32-26-25-31-53(57)54-38-35-50(41-60(54)76)69-78-67(46-27-21-19-22-28-46)77-68(79-69)47-29-23-20-24-30-47/h19-45H,1-18H3. The molecule has 0 saturated carbocycles. The first-order valence-electron chi connectivity index (χ1n) is 28.8. The normalized spacial score (nSPS) is 14.1. The van der Waals surface area contributed by atoms with Crippen LogP contribution in [0.15, 0.2) is 164 Å². The van der Waals surface area contributed by atoms with E-state index < -0.39 is 5.41 Å². The maximum Gasteiger partial charge on any atom is 0.164 e. The first-order valence-corrected chi connectivity index (χ1v) is 28.8. The van der Waals surface area contributed by atoms with Gasteiger partial charge in [0.05, 0.1) is 5.41 Å². The molecule has 0 unspecified atom stereocenters. The summed E-state index contributed by atoms with van der Waals surface area (Å²) < 4.78 is 0. The highest BCUT2D eigenvalue weighted by Gasteiger charge is 2.52. The van der Waals surface area contributed by atoms with Crippen molar-refractivity contribution in [3.05, 3.63) is 219 Å². The van der Waals surface area contributed by atoms with Crippen molar-refractivity contribution in [1.29, 1.82) is 0 Å². The van der Waals surface area contributed by atoms with E-state index in [0.717, 1.165) is 16.7 Å². The molecule has 0 fully saturated rings. The quantitative estimate of drug-likeness (QED) is 0.172. The number of nitrogens with zero attached hydrogens (tertiary/aromatic N) is 3. The molecular weight excluding hydrogens is 955 g/mol. The molecule has 8 aromatic carbocycles. The summed E-state index contributed by atoms with van der Waals surface area (Å²) in [6, 6.07) is 62.0. The second-order valence-corrected chi connectivity index (χ2v) is 29.0. The minimum atomic E-state index is -0.708. The lowest BCUT2D eigenvalue weighted by atomic mass is 9.67. The minimum absolute atomic E-state index is 0.0239. The van der Waals surface area contributed by atoms with Gasteiger partial charge in [0.1, 0.15) is 0 Å². The molecule has 3 heteroatoms. The summed E-state index contributed by atoms with van der Waals surface area (Å²) in [5, 5.41) is 0. The van der Waals surface area contributed by atoms with Crippen LogP contribution < -0.4 is 0 Å². The fourth-order valence-electron chi connectivity index (χ4n) is 12.7. The van der Waals surface area contributed by atoms with E-state index in [9.17, 15) is 0 Å². The molecule has 0 bridgehead atoms. The van der Waals surface area contributed by atoms with Crippen LogP contribution in [0.4, 0.5) is 0 Å². The lowest BCUT2D eigenvalue weighted by Gasteiger charge is -2.35. The Morgan fingerprint density at radius 3 is 0.886 bits per heavy atom. The predicted molar refractivity (Wildman–Crippen MR) is 336 cm³/mol. The smallest absolute Gasteiger partial charge is 0.164 e. The number of aromatic nitrogens is 3. The molecule has 1 aromatic heterocycles. The highest BCUT2D eigenvalue weighted by Crippen LogP contribution is 2.64. The molecule has 9 aromatic rings. The molecule has 79 heavy (non-hydrogen) atoms. The summed E-state index contributed by atoms with van der Waals surface area (Å²) >= 11 is 0. The summed E-state index contributed by atoms with van der Waals surface area (Å²) in [4.78, 5) is 15.8. The van der Waals surface area contributed by atoms with E-state index in [1.165, 1.54) is 100 Å². The lowest BCUT2D eigenvalue weighted by molar-refractivity contribution is 0.550. The molecule has 0 atom stereocenters. The van der Waals surface area contributed by atoms with Crippen molar-refractivity contribution in [2.45, 2.75) is 163 Å². The summed E-state index contributed by atoms with van der Waals surface area (Å²) in [6.45, 7) is 42.8. The predicted octanol–water partition coefficient (Wildman–Crippen LogP) is 20.3. The first kappa shape index (κ1) is 53.8. The van der Waals surface area contributed by atoms with Gasteiger partial charge < -0.3 is 0 Å². The van der Waals surface area contributed by atoms with Crippen LogP contribution in [0.1, 0.15) is 180 Å². The van der Waals surface area contributed by atoms with Crippen LogP contribution in [0, 0.1) is 0 Å². The molecule has 0 amide bonds. The Labute approximate surface area is 473 Å². The Morgan fingerprint density at radius 2 is 0.544 bits per heavy atom. The first-order chi connectivity index (χ1) is 37.0. The zero-order valence-corrected chi connectivity index (χ0v) is 50.4. The fraction of sp³-hybridized carbons (Fsp3) is 0.329. The molecule has 11 rings (SSSR count). The van der Waals surface area contributed by atoms with Crippen molar-refractivity contribution in [3.8, 4) is 78.7 Å². The molecule has 400 valence electrons. The van der Waals surface area contributed by atoms with Crippen molar-refractivity contribution in [1.82, 2.24) is 15.0 Å². The molecular formula is C76H81N3. The number of rotatable bonds is 5. The Kier molecular flexibility index (Phi) is 12.5. The lowest BCUT2D eigenvalue weighted by Crippen LogP contribution is -2.27. The molecule has 0 aliphatic heterocycles. The van der Waals surface area contributed by atoms with Crippen LogP contribution in [0.2, 0.25) is 0 Å². The van der Waals surface area contributed by atoms with E-state index in [2.05, 4.69) is 276 Å². The molecule has 1 spiro atoms. The van der Waals surface area contributed by atoms with Crippen molar-refractivity contribution in [2.24, 2.45) is 0 Å². The van der Waals surface area contributed by atoms with Crippen molar-refractivity contribution in [2.75, 3.05) is 0 Å². The van der Waals surface area contributed by atoms with E-state index in [4.69, 9.17) is 15.0 Å². The van der Waals surface area contributed by atoms with E-state index in [1.54, 1.807) is 0 Å². The monoisotopic (exact) mass is 1040 g/mol. The molecule has 3 nitrogen and oxygen atoms in total. The number of fused-ring (bicyclic) bond motifs is 10. The SMILES string of the molecule is CC(C)(C)c1cc(C(C)(C)C)c(-c2ccc3c(c2)C2(c4ccccc4-c4ccc(-c5nc(-c6ccccc6)nc(-c6ccccc6)n5)cc42)c2cc(-c4c(C(C)(C)C)cc(C(C)(C)C)cc4C(C)(C)C)ccc2-3)c(C(C)(C)C)c1. The topological polar surface area (TPSA) is 38.7 Å². The third-order valence-corrected chi connectivity index (χ3v) is 17.0. The number of hydrogen-bond donors (Lipinski definition) is 0. The van der Waals surface area contributed by atoms with Gasteiger partial charge >= 0.3 is 0 Å². The average molecular weight is 1040 g/mol. The van der Waals surface area contributed by atoms with Crippen LogP contribution >= 0.6 is 0 Å². The number of benzene rings is 8. The molecule has 0 radical (unpaired) electrons. The molecule has 0 N–H and O–H groups in total. The Morgan fingerprint density at radius 1 is 0.253 bits per heavy atom. The summed E-state index contributed by atoms with van der Waals surface area (Å²) in [6.07, 6.45) is 0. The zero-order chi connectivity index (χ0) is 56.6. The highest BCUT2D eigenvalue weighted by atomic mass is 15.0.